The second-order valence-corrected chi connectivity index (χ2v) is 5.92. The van der Waals surface area contributed by atoms with Gasteiger partial charge in [-0.1, -0.05) is 66.7 Å². The fourth-order valence-electron chi connectivity index (χ4n) is 3.12. The maximum absolute atomic E-state index is 9.40. The lowest BCUT2D eigenvalue weighted by molar-refractivity contribution is 0.150. The largest absolute Gasteiger partial charge is 0.376 e. The van der Waals surface area contributed by atoms with Gasteiger partial charge < -0.3 is 4.74 Å². The minimum atomic E-state index is -0.0158. The summed E-state index contributed by atoms with van der Waals surface area (Å²) in [7, 11) is 0. The van der Waals surface area contributed by atoms with Crippen LogP contribution in [0.1, 0.15) is 17.5 Å². The van der Waals surface area contributed by atoms with Crippen molar-refractivity contribution in [2.24, 2.45) is 5.92 Å². The van der Waals surface area contributed by atoms with E-state index in [1.165, 1.54) is 0 Å². The summed E-state index contributed by atoms with van der Waals surface area (Å²) in [5.74, 6) is -0.0158. The number of rotatable bonds is 3. The van der Waals surface area contributed by atoms with Crippen LogP contribution in [0.2, 0.25) is 0 Å². The topological polar surface area (TPSA) is 56.8 Å². The SMILES string of the molecule is N#CC(C#N)=C(c1ccccc1)C1CC=C(c2ccccc2)COC1. The molecule has 1 aliphatic heterocycles. The fraction of sp³-hybridized carbons (Fsp3) is 0.182. The first-order valence-electron chi connectivity index (χ1n) is 8.25. The molecule has 0 saturated carbocycles. The predicted octanol–water partition coefficient (Wildman–Crippen LogP) is 4.61. The van der Waals surface area contributed by atoms with Crippen LogP contribution in [0.25, 0.3) is 11.1 Å². The minimum Gasteiger partial charge on any atom is -0.376 e. The van der Waals surface area contributed by atoms with Crippen molar-refractivity contribution in [2.45, 2.75) is 6.42 Å². The lowest BCUT2D eigenvalue weighted by Gasteiger charge is -2.18. The summed E-state index contributed by atoms with van der Waals surface area (Å²) in [6, 6.07) is 23.9. The Kier molecular flexibility index (Phi) is 5.42. The first-order chi connectivity index (χ1) is 12.3. The van der Waals surface area contributed by atoms with E-state index in [-0.39, 0.29) is 11.5 Å². The first kappa shape index (κ1) is 16.7. The second-order valence-electron chi connectivity index (χ2n) is 5.92. The van der Waals surface area contributed by atoms with Crippen LogP contribution in [0.4, 0.5) is 0 Å². The van der Waals surface area contributed by atoms with E-state index in [0.717, 1.165) is 28.7 Å². The highest BCUT2D eigenvalue weighted by molar-refractivity contribution is 5.77. The van der Waals surface area contributed by atoms with E-state index in [1.54, 1.807) is 0 Å². The van der Waals surface area contributed by atoms with Crippen LogP contribution in [0, 0.1) is 28.6 Å². The molecule has 1 atom stereocenters. The Labute approximate surface area is 148 Å². The van der Waals surface area contributed by atoms with E-state index in [2.05, 4.69) is 30.3 Å². The molecule has 2 aromatic carbocycles. The zero-order valence-electron chi connectivity index (χ0n) is 13.9. The van der Waals surface area contributed by atoms with Gasteiger partial charge in [-0.05, 0) is 28.7 Å². The van der Waals surface area contributed by atoms with Crippen molar-refractivity contribution in [3.63, 3.8) is 0 Å². The number of nitrogens with zero attached hydrogens (tertiary/aromatic N) is 2. The third-order valence-corrected chi connectivity index (χ3v) is 4.36. The Morgan fingerprint density at radius 2 is 1.56 bits per heavy atom. The number of benzene rings is 2. The van der Waals surface area contributed by atoms with Gasteiger partial charge in [0.2, 0.25) is 0 Å². The summed E-state index contributed by atoms with van der Waals surface area (Å²) < 4.78 is 5.89. The third kappa shape index (κ3) is 3.86. The molecule has 1 unspecified atom stereocenters. The number of hydrogen-bond donors (Lipinski definition) is 0. The zero-order valence-corrected chi connectivity index (χ0v) is 13.9. The van der Waals surface area contributed by atoms with Gasteiger partial charge in [-0.2, -0.15) is 10.5 Å². The maximum Gasteiger partial charge on any atom is 0.133 e. The summed E-state index contributed by atoms with van der Waals surface area (Å²) in [5, 5.41) is 18.8. The van der Waals surface area contributed by atoms with Gasteiger partial charge in [0, 0.05) is 5.92 Å². The molecule has 2 aromatic rings. The van der Waals surface area contributed by atoms with E-state index in [4.69, 9.17) is 4.74 Å². The molecule has 0 bridgehead atoms. The first-order valence-corrected chi connectivity index (χ1v) is 8.25. The van der Waals surface area contributed by atoms with E-state index < -0.39 is 0 Å². The smallest absolute Gasteiger partial charge is 0.133 e. The summed E-state index contributed by atoms with van der Waals surface area (Å²) in [4.78, 5) is 0. The van der Waals surface area contributed by atoms with Crippen LogP contribution in [-0.2, 0) is 4.74 Å². The van der Waals surface area contributed by atoms with Crippen LogP contribution in [0.3, 0.4) is 0 Å². The van der Waals surface area contributed by atoms with Crippen LogP contribution in [0.5, 0.6) is 0 Å². The van der Waals surface area contributed by atoms with Crippen molar-refractivity contribution in [1.82, 2.24) is 0 Å². The van der Waals surface area contributed by atoms with Crippen molar-refractivity contribution < 1.29 is 4.74 Å². The molecule has 1 heterocycles. The highest BCUT2D eigenvalue weighted by Gasteiger charge is 2.22. The third-order valence-electron chi connectivity index (χ3n) is 4.36. The van der Waals surface area contributed by atoms with Crippen LogP contribution in [0.15, 0.2) is 72.3 Å². The van der Waals surface area contributed by atoms with Crippen molar-refractivity contribution in [2.75, 3.05) is 13.2 Å². The number of nitriles is 2. The molecule has 0 aromatic heterocycles. The molecule has 0 aliphatic carbocycles. The summed E-state index contributed by atoms with van der Waals surface area (Å²) in [6.07, 6.45) is 2.91. The molecular formula is C22H18N2O. The van der Waals surface area contributed by atoms with Crippen molar-refractivity contribution >= 4 is 11.1 Å². The molecule has 3 heteroatoms. The molecule has 0 amide bonds. The van der Waals surface area contributed by atoms with Gasteiger partial charge in [-0.3, -0.25) is 0 Å². The van der Waals surface area contributed by atoms with Gasteiger partial charge >= 0.3 is 0 Å². The summed E-state index contributed by atoms with van der Waals surface area (Å²) in [6.45, 7) is 1.03. The molecule has 0 N–H and O–H groups in total. The highest BCUT2D eigenvalue weighted by Crippen LogP contribution is 2.33. The molecule has 0 spiro atoms. The fourth-order valence-corrected chi connectivity index (χ4v) is 3.12. The van der Waals surface area contributed by atoms with Gasteiger partial charge in [0.15, 0.2) is 0 Å². The molecule has 0 saturated heterocycles. The molecule has 1 aliphatic rings. The lowest BCUT2D eigenvalue weighted by atomic mass is 9.86. The molecule has 3 rings (SSSR count). The molecule has 122 valence electrons. The van der Waals surface area contributed by atoms with E-state index in [1.807, 2.05) is 48.5 Å². The van der Waals surface area contributed by atoms with E-state index in [0.29, 0.717) is 13.2 Å². The van der Waals surface area contributed by atoms with E-state index >= 15 is 0 Å². The Balaban J connectivity index is 1.96. The minimum absolute atomic E-state index is 0.0158. The van der Waals surface area contributed by atoms with Gasteiger partial charge in [-0.25, -0.2) is 0 Å². The van der Waals surface area contributed by atoms with Gasteiger partial charge in [0.1, 0.15) is 17.7 Å². The zero-order chi connectivity index (χ0) is 17.5. The van der Waals surface area contributed by atoms with Crippen LogP contribution >= 0.6 is 0 Å². The van der Waals surface area contributed by atoms with Gasteiger partial charge in [-0.15, -0.1) is 0 Å². The van der Waals surface area contributed by atoms with E-state index in [9.17, 15) is 10.5 Å². The van der Waals surface area contributed by atoms with Gasteiger partial charge in [0.05, 0.1) is 13.2 Å². The number of hydrogen-bond acceptors (Lipinski definition) is 3. The number of allylic oxidation sites excluding steroid dienone is 2. The lowest BCUT2D eigenvalue weighted by Crippen LogP contribution is -2.11. The number of ether oxygens (including phenoxy) is 1. The molecule has 0 fully saturated rings. The van der Waals surface area contributed by atoms with Crippen molar-refractivity contribution in [3.05, 3.63) is 83.4 Å². The molecule has 25 heavy (non-hydrogen) atoms. The molecular weight excluding hydrogens is 308 g/mol. The average molecular weight is 326 g/mol. The quantitative estimate of drug-likeness (QED) is 0.774. The Morgan fingerprint density at radius 3 is 2.20 bits per heavy atom. The maximum atomic E-state index is 9.40. The van der Waals surface area contributed by atoms with Crippen LogP contribution < -0.4 is 0 Å². The summed E-state index contributed by atoms with van der Waals surface area (Å²) in [5.41, 5.74) is 4.14. The van der Waals surface area contributed by atoms with Crippen LogP contribution in [-0.4, -0.2) is 13.2 Å². The molecule has 3 nitrogen and oxygen atoms in total. The van der Waals surface area contributed by atoms with Crippen molar-refractivity contribution in [3.8, 4) is 12.1 Å². The normalized spacial score (nSPS) is 16.7. The molecule has 0 radical (unpaired) electrons. The highest BCUT2D eigenvalue weighted by atomic mass is 16.5. The predicted molar refractivity (Wildman–Crippen MR) is 97.9 cm³/mol. The second kappa shape index (κ2) is 8.11. The Bertz CT molecular complexity index is 852. The summed E-state index contributed by atoms with van der Waals surface area (Å²) >= 11 is 0. The monoisotopic (exact) mass is 326 g/mol. The standard InChI is InChI=1S/C22H18N2O/c23-13-21(14-24)22(18-9-5-2-6-10-18)20-12-11-19(15-25-16-20)17-7-3-1-4-8-17/h1-11,20H,12,15-16H2. The average Bonchev–Trinajstić information content (AvgIpc) is 2.93. The van der Waals surface area contributed by atoms with Gasteiger partial charge in [0.25, 0.3) is 0 Å². The van der Waals surface area contributed by atoms with Crippen molar-refractivity contribution in [1.29, 1.82) is 10.5 Å². The Morgan fingerprint density at radius 1 is 0.920 bits per heavy atom. The Hall–Kier alpha value is -3.14.